The number of pyridine rings is 1. The summed E-state index contributed by atoms with van der Waals surface area (Å²) in [6.07, 6.45) is 1.64. The van der Waals surface area contributed by atoms with Gasteiger partial charge in [0, 0.05) is 17.4 Å². The second-order valence-electron chi connectivity index (χ2n) is 7.71. The summed E-state index contributed by atoms with van der Waals surface area (Å²) >= 11 is 0. The Morgan fingerprint density at radius 1 is 1.06 bits per heavy atom. The molecule has 3 N–H and O–H groups in total. The van der Waals surface area contributed by atoms with Gasteiger partial charge in [-0.05, 0) is 60.5 Å². The van der Waals surface area contributed by atoms with Crippen LogP contribution in [0.3, 0.4) is 0 Å². The van der Waals surface area contributed by atoms with E-state index in [1.54, 1.807) is 37.6 Å². The molecule has 0 aliphatic carbocycles. The summed E-state index contributed by atoms with van der Waals surface area (Å²) in [4.78, 5) is 37.3. The van der Waals surface area contributed by atoms with Crippen LogP contribution in [0.25, 0.3) is 11.3 Å². The molecule has 0 saturated carbocycles. The van der Waals surface area contributed by atoms with Gasteiger partial charge in [0.15, 0.2) is 5.76 Å². The molecule has 4 rings (SSSR count). The second kappa shape index (κ2) is 9.50. The van der Waals surface area contributed by atoms with Gasteiger partial charge < -0.3 is 24.8 Å². The molecule has 0 unspecified atom stereocenters. The number of aromatic nitrogens is 1. The lowest BCUT2D eigenvalue weighted by Gasteiger charge is -2.12. The molecule has 0 atom stereocenters. The zero-order chi connectivity index (χ0) is 24.2. The maximum Gasteiger partial charge on any atom is 0.284 e. The number of benzene rings is 2. The van der Waals surface area contributed by atoms with Crippen molar-refractivity contribution in [2.45, 2.75) is 13.5 Å². The minimum Gasteiger partial charge on any atom is -0.497 e. The molecule has 4 aromatic rings. The smallest absolute Gasteiger partial charge is 0.284 e. The quantitative estimate of drug-likeness (QED) is 0.438. The van der Waals surface area contributed by atoms with Gasteiger partial charge in [0.25, 0.3) is 17.4 Å². The van der Waals surface area contributed by atoms with Gasteiger partial charge >= 0.3 is 0 Å². The van der Waals surface area contributed by atoms with Gasteiger partial charge in [0.05, 0.1) is 13.7 Å². The van der Waals surface area contributed by atoms with Crippen LogP contribution >= 0.6 is 0 Å². The first-order chi connectivity index (χ1) is 16.4. The highest BCUT2D eigenvalue weighted by Crippen LogP contribution is 2.27. The Bertz CT molecular complexity index is 1420. The molecule has 8 nitrogen and oxygen atoms in total. The molecule has 0 fully saturated rings. The van der Waals surface area contributed by atoms with Crippen molar-refractivity contribution >= 4 is 17.5 Å². The number of rotatable bonds is 7. The predicted octanol–water partition coefficient (Wildman–Crippen LogP) is 3.82. The van der Waals surface area contributed by atoms with E-state index < -0.39 is 17.4 Å². The summed E-state index contributed by atoms with van der Waals surface area (Å²) in [5, 5.41) is 2.81. The van der Waals surface area contributed by atoms with Crippen LogP contribution in [0.1, 0.15) is 32.0 Å². The molecule has 0 saturated heterocycles. The van der Waals surface area contributed by atoms with E-state index in [0.717, 1.165) is 16.9 Å². The first-order valence-corrected chi connectivity index (χ1v) is 10.5. The second-order valence-corrected chi connectivity index (χ2v) is 7.71. The fourth-order valence-corrected chi connectivity index (χ4v) is 3.49. The number of furan rings is 1. The van der Waals surface area contributed by atoms with Crippen LogP contribution < -0.4 is 21.3 Å². The Kier molecular flexibility index (Phi) is 6.31. The number of aryl methyl sites for hydroxylation is 1. The Morgan fingerprint density at radius 2 is 1.82 bits per heavy atom. The maximum atomic E-state index is 13.0. The van der Waals surface area contributed by atoms with E-state index in [1.165, 1.54) is 16.7 Å². The highest BCUT2D eigenvalue weighted by molar-refractivity contribution is 6.04. The van der Waals surface area contributed by atoms with Gasteiger partial charge in [-0.25, -0.2) is 0 Å². The summed E-state index contributed by atoms with van der Waals surface area (Å²) in [6.45, 7) is 2.16. The van der Waals surface area contributed by atoms with Crippen LogP contribution in [-0.2, 0) is 6.54 Å². The van der Waals surface area contributed by atoms with Crippen molar-refractivity contribution in [3.05, 3.63) is 106 Å². The first-order valence-electron chi connectivity index (χ1n) is 10.5. The summed E-state index contributed by atoms with van der Waals surface area (Å²) in [6, 6.07) is 19.0. The fourth-order valence-electron chi connectivity index (χ4n) is 3.49. The van der Waals surface area contributed by atoms with E-state index in [0.29, 0.717) is 23.6 Å². The number of carbonyl (C=O) groups excluding carboxylic acids is 2. The summed E-state index contributed by atoms with van der Waals surface area (Å²) in [5.74, 6) is 0.0180. The number of amides is 2. The molecule has 0 aliphatic rings. The number of anilines is 1. The molecule has 0 aliphatic heterocycles. The summed E-state index contributed by atoms with van der Waals surface area (Å²) in [7, 11) is 1.59. The number of nitrogens with one attached hydrogen (secondary N) is 1. The van der Waals surface area contributed by atoms with Crippen molar-refractivity contribution in [2.75, 3.05) is 12.4 Å². The fraction of sp³-hybridized carbons (Fsp3) is 0.115. The van der Waals surface area contributed by atoms with Crippen molar-refractivity contribution in [1.29, 1.82) is 0 Å². The molecular formula is C26H23N3O5. The number of carbonyl (C=O) groups is 2. The van der Waals surface area contributed by atoms with E-state index in [9.17, 15) is 14.4 Å². The van der Waals surface area contributed by atoms with Crippen molar-refractivity contribution in [2.24, 2.45) is 5.73 Å². The topological polar surface area (TPSA) is 117 Å². The average Bonchev–Trinajstić information content (AvgIpc) is 3.33. The minimum absolute atomic E-state index is 0.0230. The lowest BCUT2D eigenvalue weighted by atomic mass is 10.1. The van der Waals surface area contributed by atoms with Gasteiger partial charge in [-0.15, -0.1) is 0 Å². The van der Waals surface area contributed by atoms with Crippen LogP contribution in [0.2, 0.25) is 0 Å². The third-order valence-corrected chi connectivity index (χ3v) is 5.40. The van der Waals surface area contributed by atoms with Crippen molar-refractivity contribution in [3.8, 4) is 17.1 Å². The highest BCUT2D eigenvalue weighted by atomic mass is 16.5. The average molecular weight is 457 g/mol. The largest absolute Gasteiger partial charge is 0.497 e. The third kappa shape index (κ3) is 4.75. The van der Waals surface area contributed by atoms with E-state index in [2.05, 4.69) is 5.32 Å². The minimum atomic E-state index is -0.665. The normalized spacial score (nSPS) is 10.6. The molecule has 2 aromatic carbocycles. The van der Waals surface area contributed by atoms with Gasteiger partial charge in [-0.2, -0.15) is 0 Å². The lowest BCUT2D eigenvalue weighted by molar-refractivity contribution is 0.0973. The third-order valence-electron chi connectivity index (χ3n) is 5.40. The molecule has 34 heavy (non-hydrogen) atoms. The van der Waals surface area contributed by atoms with E-state index in [4.69, 9.17) is 14.9 Å². The first kappa shape index (κ1) is 22.6. The molecule has 2 heterocycles. The van der Waals surface area contributed by atoms with Crippen LogP contribution in [0.5, 0.6) is 5.75 Å². The molecule has 2 amide bonds. The van der Waals surface area contributed by atoms with Crippen molar-refractivity contribution < 1.29 is 18.7 Å². The number of nitrogens with two attached hydrogens (primary N) is 1. The van der Waals surface area contributed by atoms with Crippen molar-refractivity contribution in [3.63, 3.8) is 0 Å². The molecule has 0 radical (unpaired) electrons. The van der Waals surface area contributed by atoms with Gasteiger partial charge in [0.2, 0.25) is 0 Å². The van der Waals surface area contributed by atoms with E-state index in [-0.39, 0.29) is 11.3 Å². The summed E-state index contributed by atoms with van der Waals surface area (Å²) < 4.78 is 12.1. The Morgan fingerprint density at radius 3 is 2.50 bits per heavy atom. The van der Waals surface area contributed by atoms with E-state index >= 15 is 0 Å². The molecular weight excluding hydrogens is 434 g/mol. The number of nitrogens with zero attached hydrogens (tertiary/aromatic N) is 1. The standard InChI is InChI=1S/C26H23N3O5/c1-16-5-8-18(22-11-12-23(34-22)24(27)30)14-21(16)28-25(31)20-4-3-13-29(26(20)32)15-17-6-9-19(33-2)10-7-17/h3-14H,15H2,1-2H3,(H2,27,30)(H,28,31). The number of hydrogen-bond acceptors (Lipinski definition) is 5. The monoisotopic (exact) mass is 457 g/mol. The van der Waals surface area contributed by atoms with E-state index in [1.807, 2.05) is 37.3 Å². The Labute approximate surface area is 195 Å². The zero-order valence-corrected chi connectivity index (χ0v) is 18.7. The van der Waals surface area contributed by atoms with Crippen LogP contribution in [0.15, 0.2) is 82.1 Å². The van der Waals surface area contributed by atoms with Crippen LogP contribution in [-0.4, -0.2) is 23.5 Å². The Balaban J connectivity index is 1.57. The van der Waals surface area contributed by atoms with Gasteiger partial charge in [0.1, 0.15) is 17.1 Å². The predicted molar refractivity (Wildman–Crippen MR) is 128 cm³/mol. The lowest BCUT2D eigenvalue weighted by Crippen LogP contribution is -2.29. The van der Waals surface area contributed by atoms with Crippen LogP contribution in [0.4, 0.5) is 5.69 Å². The van der Waals surface area contributed by atoms with Crippen LogP contribution in [0, 0.1) is 6.92 Å². The highest BCUT2D eigenvalue weighted by Gasteiger charge is 2.15. The molecule has 172 valence electrons. The molecule has 2 aromatic heterocycles. The number of ether oxygens (including phenoxy) is 1. The number of primary amides is 1. The molecule has 0 bridgehead atoms. The van der Waals surface area contributed by atoms with Gasteiger partial charge in [-0.1, -0.05) is 24.3 Å². The summed E-state index contributed by atoms with van der Waals surface area (Å²) in [5.41, 5.74) is 7.74. The molecule has 8 heteroatoms. The van der Waals surface area contributed by atoms with Crippen molar-refractivity contribution in [1.82, 2.24) is 4.57 Å². The Hall–Kier alpha value is -4.59. The molecule has 0 spiro atoms. The maximum absolute atomic E-state index is 13.0. The zero-order valence-electron chi connectivity index (χ0n) is 18.7. The SMILES string of the molecule is COc1ccc(Cn2cccc(C(=O)Nc3cc(-c4ccc(C(N)=O)o4)ccc3C)c2=O)cc1. The van der Waals surface area contributed by atoms with Gasteiger partial charge in [-0.3, -0.25) is 14.4 Å². The number of hydrogen-bond donors (Lipinski definition) is 2. The number of methoxy groups -OCH3 is 1.